The summed E-state index contributed by atoms with van der Waals surface area (Å²) in [6.07, 6.45) is 16.9. The van der Waals surface area contributed by atoms with Gasteiger partial charge in [0.05, 0.1) is 13.3 Å². The van der Waals surface area contributed by atoms with Gasteiger partial charge in [-0.1, -0.05) is 29.9 Å². The van der Waals surface area contributed by atoms with Gasteiger partial charge in [-0.15, -0.1) is 0 Å². The van der Waals surface area contributed by atoms with E-state index in [4.69, 9.17) is 9.47 Å². The van der Waals surface area contributed by atoms with Crippen LogP contribution >= 0.6 is 0 Å². The zero-order valence-corrected chi connectivity index (χ0v) is 16.1. The Bertz CT molecular complexity index is 856. The van der Waals surface area contributed by atoms with E-state index in [0.717, 1.165) is 37.0 Å². The average molecular weight is 379 g/mol. The molecule has 1 atom stereocenters. The maximum atomic E-state index is 13.0. The number of carbonyl (C=O) groups is 1. The van der Waals surface area contributed by atoms with Crippen molar-refractivity contribution in [3.8, 4) is 5.88 Å². The van der Waals surface area contributed by atoms with E-state index in [1.54, 1.807) is 36.9 Å². The molecule has 2 amide bonds. The van der Waals surface area contributed by atoms with Crippen LogP contribution in [-0.2, 0) is 4.74 Å². The molecule has 1 fully saturated rings. The monoisotopic (exact) mass is 379 g/mol. The summed E-state index contributed by atoms with van der Waals surface area (Å²) in [5, 5.41) is 0. The van der Waals surface area contributed by atoms with Crippen LogP contribution in [0, 0.1) is 0 Å². The van der Waals surface area contributed by atoms with Crippen LogP contribution in [0.4, 0.5) is 4.79 Å². The minimum Gasteiger partial charge on any atom is -0.481 e. The van der Waals surface area contributed by atoms with E-state index in [2.05, 4.69) is 23.2 Å². The summed E-state index contributed by atoms with van der Waals surface area (Å²) in [6.45, 7) is 1.37. The van der Waals surface area contributed by atoms with Crippen molar-refractivity contribution in [3.63, 3.8) is 0 Å². The highest BCUT2D eigenvalue weighted by Crippen LogP contribution is 2.33. The van der Waals surface area contributed by atoms with Crippen LogP contribution in [0.2, 0.25) is 0 Å². The maximum Gasteiger partial charge on any atom is 0.328 e. The van der Waals surface area contributed by atoms with Gasteiger partial charge in [-0.25, -0.2) is 9.78 Å². The van der Waals surface area contributed by atoms with Gasteiger partial charge in [-0.2, -0.15) is 0 Å². The van der Waals surface area contributed by atoms with E-state index in [1.807, 2.05) is 17.0 Å². The predicted molar refractivity (Wildman–Crippen MR) is 106 cm³/mol. The second-order valence-corrected chi connectivity index (χ2v) is 7.19. The predicted octanol–water partition coefficient (Wildman–Crippen LogP) is 4.31. The van der Waals surface area contributed by atoms with Crippen LogP contribution in [0.3, 0.4) is 0 Å². The normalized spacial score (nSPS) is 21.2. The average Bonchev–Trinajstić information content (AvgIpc) is 3.24. The van der Waals surface area contributed by atoms with E-state index in [1.165, 1.54) is 5.57 Å². The number of aromatic nitrogens is 1. The van der Waals surface area contributed by atoms with Gasteiger partial charge in [0.25, 0.3) is 0 Å². The van der Waals surface area contributed by atoms with Crippen molar-refractivity contribution in [2.75, 3.05) is 20.2 Å². The molecule has 0 aromatic carbocycles. The number of pyridine rings is 1. The Morgan fingerprint density at radius 2 is 2.36 bits per heavy atom. The summed E-state index contributed by atoms with van der Waals surface area (Å²) < 4.78 is 11.0. The molecular formula is C22H25N3O3. The number of methoxy groups -OCH3 is 1. The first kappa shape index (κ1) is 18.3. The number of likely N-dealkylation sites (tertiary alicyclic amines) is 1. The van der Waals surface area contributed by atoms with E-state index in [-0.39, 0.29) is 11.9 Å². The Balaban J connectivity index is 1.41. The van der Waals surface area contributed by atoms with Gasteiger partial charge in [-0.05, 0) is 25.3 Å². The summed E-state index contributed by atoms with van der Waals surface area (Å²) in [4.78, 5) is 20.8. The molecule has 6 heteroatoms. The molecule has 0 saturated carbocycles. The van der Waals surface area contributed by atoms with Crippen molar-refractivity contribution < 1.29 is 14.3 Å². The molecule has 1 aromatic rings. The number of urea groups is 1. The molecule has 6 nitrogen and oxygen atoms in total. The van der Waals surface area contributed by atoms with Gasteiger partial charge in [0.1, 0.15) is 12.0 Å². The summed E-state index contributed by atoms with van der Waals surface area (Å²) in [7, 11) is 1.63. The first-order valence-corrected chi connectivity index (χ1v) is 9.69. The topological polar surface area (TPSA) is 54.9 Å². The summed E-state index contributed by atoms with van der Waals surface area (Å²) in [5.41, 5.74) is 2.38. The summed E-state index contributed by atoms with van der Waals surface area (Å²) in [6, 6.07) is 3.92. The van der Waals surface area contributed by atoms with Crippen molar-refractivity contribution in [3.05, 3.63) is 72.1 Å². The lowest BCUT2D eigenvalue weighted by atomic mass is 10.00. The highest BCUT2D eigenvalue weighted by molar-refractivity contribution is 5.77. The van der Waals surface area contributed by atoms with Gasteiger partial charge in [0.15, 0.2) is 0 Å². The zero-order chi connectivity index (χ0) is 19.3. The molecule has 1 aliphatic carbocycles. The first-order chi connectivity index (χ1) is 13.7. The molecule has 146 valence electrons. The SMILES string of the molecule is COc1ncccc1C1CCN(C(=O)N2C=COC(CC3=CC=CCC3)=C2)C1. The van der Waals surface area contributed by atoms with Crippen molar-refractivity contribution in [2.45, 2.75) is 31.6 Å². The number of allylic oxidation sites excluding steroid dienone is 4. The molecule has 1 unspecified atom stereocenters. The zero-order valence-electron chi connectivity index (χ0n) is 16.1. The highest BCUT2D eigenvalue weighted by atomic mass is 16.5. The van der Waals surface area contributed by atoms with Gasteiger partial charge in [-0.3, -0.25) is 4.90 Å². The lowest BCUT2D eigenvalue weighted by molar-refractivity contribution is 0.184. The summed E-state index contributed by atoms with van der Waals surface area (Å²) in [5.74, 6) is 1.67. The van der Waals surface area contributed by atoms with E-state index in [9.17, 15) is 4.79 Å². The molecule has 3 heterocycles. The Labute approximate surface area is 165 Å². The van der Waals surface area contributed by atoms with Crippen molar-refractivity contribution in [1.29, 1.82) is 0 Å². The largest absolute Gasteiger partial charge is 0.481 e. The highest BCUT2D eigenvalue weighted by Gasteiger charge is 2.31. The van der Waals surface area contributed by atoms with E-state index >= 15 is 0 Å². The fourth-order valence-electron chi connectivity index (χ4n) is 3.88. The fourth-order valence-corrected chi connectivity index (χ4v) is 3.88. The van der Waals surface area contributed by atoms with Crippen LogP contribution in [0.15, 0.2) is 66.6 Å². The third-order valence-corrected chi connectivity index (χ3v) is 5.34. The smallest absolute Gasteiger partial charge is 0.328 e. The molecule has 28 heavy (non-hydrogen) atoms. The van der Waals surface area contributed by atoms with Gasteiger partial charge < -0.3 is 14.4 Å². The minimum absolute atomic E-state index is 0.0278. The van der Waals surface area contributed by atoms with Crippen molar-refractivity contribution >= 4 is 6.03 Å². The van der Waals surface area contributed by atoms with Crippen molar-refractivity contribution in [1.82, 2.24) is 14.8 Å². The third-order valence-electron chi connectivity index (χ3n) is 5.34. The summed E-state index contributed by atoms with van der Waals surface area (Å²) >= 11 is 0. The number of nitrogens with zero attached hydrogens (tertiary/aromatic N) is 3. The quantitative estimate of drug-likeness (QED) is 0.782. The van der Waals surface area contributed by atoms with E-state index in [0.29, 0.717) is 19.0 Å². The van der Waals surface area contributed by atoms with Crippen LogP contribution in [0.1, 0.15) is 37.2 Å². The minimum atomic E-state index is -0.0278. The number of rotatable bonds is 4. The maximum absolute atomic E-state index is 13.0. The standard InChI is InChI=1S/C22H25N3O3/c1-27-21-20(8-5-10-23-21)18-9-11-24(15-18)22(26)25-12-13-28-19(16-25)14-17-6-3-2-4-7-17/h2-3,5-6,8,10,12-13,16,18H,4,7,9,11,14-15H2,1H3. The third kappa shape index (κ3) is 3.96. The molecule has 0 bridgehead atoms. The fraction of sp³-hybridized carbons (Fsp3) is 0.364. The van der Waals surface area contributed by atoms with Crippen LogP contribution in [0.25, 0.3) is 0 Å². The van der Waals surface area contributed by atoms with Gasteiger partial charge in [0.2, 0.25) is 5.88 Å². The molecule has 4 rings (SSSR count). The molecule has 3 aliphatic rings. The number of amides is 2. The van der Waals surface area contributed by atoms with Gasteiger partial charge >= 0.3 is 6.03 Å². The Morgan fingerprint density at radius 1 is 1.43 bits per heavy atom. The molecule has 0 radical (unpaired) electrons. The molecule has 2 aliphatic heterocycles. The Hall–Kier alpha value is -3.02. The second-order valence-electron chi connectivity index (χ2n) is 7.19. The number of hydrogen-bond acceptors (Lipinski definition) is 4. The van der Waals surface area contributed by atoms with E-state index < -0.39 is 0 Å². The van der Waals surface area contributed by atoms with Gasteiger partial charge in [0, 0.05) is 43.4 Å². The number of ether oxygens (including phenoxy) is 2. The second kappa shape index (κ2) is 8.33. The Morgan fingerprint density at radius 3 is 3.18 bits per heavy atom. The van der Waals surface area contributed by atoms with Crippen molar-refractivity contribution in [2.24, 2.45) is 0 Å². The van der Waals surface area contributed by atoms with Crippen LogP contribution in [-0.4, -0.2) is 41.0 Å². The molecule has 1 saturated heterocycles. The number of hydrogen-bond donors (Lipinski definition) is 0. The van der Waals surface area contributed by atoms with Crippen LogP contribution < -0.4 is 4.74 Å². The molecule has 0 N–H and O–H groups in total. The lowest BCUT2D eigenvalue weighted by Crippen LogP contribution is -2.37. The Kier molecular flexibility index (Phi) is 5.46. The first-order valence-electron chi connectivity index (χ1n) is 9.69. The molecule has 1 aromatic heterocycles. The molecule has 0 spiro atoms. The lowest BCUT2D eigenvalue weighted by Gasteiger charge is -2.26. The number of carbonyl (C=O) groups excluding carboxylic acids is 1. The molecular weight excluding hydrogens is 354 g/mol. The van der Waals surface area contributed by atoms with Crippen LogP contribution in [0.5, 0.6) is 5.88 Å².